The fourth-order valence-corrected chi connectivity index (χ4v) is 5.35. The van der Waals surface area contributed by atoms with Crippen molar-refractivity contribution >= 4 is 35.2 Å². The third-order valence-electron chi connectivity index (χ3n) is 5.84. The molecule has 28 heavy (non-hydrogen) atoms. The van der Waals surface area contributed by atoms with E-state index in [4.69, 9.17) is 11.6 Å². The van der Waals surface area contributed by atoms with Crippen LogP contribution < -0.4 is 5.32 Å². The van der Waals surface area contributed by atoms with E-state index in [1.54, 1.807) is 0 Å². The fourth-order valence-electron chi connectivity index (χ4n) is 4.10. The molecule has 1 aromatic carbocycles. The molecule has 3 aliphatic rings. The summed E-state index contributed by atoms with van der Waals surface area (Å²) in [5.74, 6) is 0.0856. The molecule has 2 atom stereocenters. The lowest BCUT2D eigenvalue weighted by Crippen LogP contribution is -2.42. The van der Waals surface area contributed by atoms with Crippen LogP contribution in [0.25, 0.3) is 0 Å². The maximum Gasteiger partial charge on any atom is 0.253 e. The molecule has 4 rings (SSSR count). The van der Waals surface area contributed by atoms with Crippen LogP contribution in [0, 0.1) is 0 Å². The lowest BCUT2D eigenvalue weighted by molar-refractivity contribution is -0.121. The van der Waals surface area contributed by atoms with Crippen molar-refractivity contribution in [1.29, 1.82) is 0 Å². The Hall–Kier alpha value is -1.50. The summed E-state index contributed by atoms with van der Waals surface area (Å²) in [6.07, 6.45) is 5.38. The van der Waals surface area contributed by atoms with E-state index in [9.17, 15) is 9.59 Å². The van der Waals surface area contributed by atoms with Crippen molar-refractivity contribution in [2.45, 2.75) is 37.0 Å². The van der Waals surface area contributed by atoms with E-state index in [0.29, 0.717) is 23.9 Å². The molecule has 1 fully saturated rings. The summed E-state index contributed by atoms with van der Waals surface area (Å²) >= 11 is 7.36. The Morgan fingerprint density at radius 2 is 1.96 bits per heavy atom. The Morgan fingerprint density at radius 3 is 2.71 bits per heavy atom. The quantitative estimate of drug-likeness (QED) is 0.818. The van der Waals surface area contributed by atoms with Crippen molar-refractivity contribution in [1.82, 2.24) is 15.1 Å². The van der Waals surface area contributed by atoms with Crippen LogP contribution in [-0.2, 0) is 17.6 Å². The number of rotatable bonds is 3. The van der Waals surface area contributed by atoms with Crippen LogP contribution in [0.2, 0.25) is 0 Å². The van der Waals surface area contributed by atoms with Gasteiger partial charge in [-0.15, -0.1) is 11.8 Å². The maximum absolute atomic E-state index is 13.0. The van der Waals surface area contributed by atoms with Crippen molar-refractivity contribution in [3.63, 3.8) is 0 Å². The number of amides is 2. The summed E-state index contributed by atoms with van der Waals surface area (Å²) in [4.78, 5) is 29.6. The number of allylic oxidation sites excluding steroid dienone is 1. The normalized spacial score (nSPS) is 25.2. The number of thioether (sulfide) groups is 1. The number of fused-ring (bicyclic) bond motifs is 1. The Bertz CT molecular complexity index is 813. The summed E-state index contributed by atoms with van der Waals surface area (Å²) in [6.45, 7) is 3.34. The molecule has 7 heteroatoms. The Morgan fingerprint density at radius 1 is 1.18 bits per heavy atom. The van der Waals surface area contributed by atoms with Gasteiger partial charge in [0.2, 0.25) is 5.91 Å². The zero-order chi connectivity index (χ0) is 19.7. The van der Waals surface area contributed by atoms with Crippen molar-refractivity contribution < 1.29 is 9.59 Å². The second-order valence-electron chi connectivity index (χ2n) is 7.88. The van der Waals surface area contributed by atoms with Gasteiger partial charge < -0.3 is 15.1 Å². The van der Waals surface area contributed by atoms with Gasteiger partial charge in [-0.1, -0.05) is 23.7 Å². The topological polar surface area (TPSA) is 52.7 Å². The molecule has 3 aliphatic heterocycles. The molecule has 0 aliphatic carbocycles. The first-order valence-electron chi connectivity index (χ1n) is 9.92. The van der Waals surface area contributed by atoms with Crippen LogP contribution in [-0.4, -0.2) is 66.1 Å². The van der Waals surface area contributed by atoms with Gasteiger partial charge in [-0.25, -0.2) is 0 Å². The molecule has 0 radical (unpaired) electrons. The predicted molar refractivity (Wildman–Crippen MR) is 114 cm³/mol. The predicted octanol–water partition coefficient (Wildman–Crippen LogP) is 2.63. The third kappa shape index (κ3) is 4.39. The zero-order valence-electron chi connectivity index (χ0n) is 16.1. The van der Waals surface area contributed by atoms with Gasteiger partial charge in [-0.2, -0.15) is 0 Å². The summed E-state index contributed by atoms with van der Waals surface area (Å²) < 4.78 is 0.692. The van der Waals surface area contributed by atoms with Crippen molar-refractivity contribution in [2.75, 3.05) is 33.2 Å². The highest BCUT2D eigenvalue weighted by Gasteiger charge is 2.31. The summed E-state index contributed by atoms with van der Waals surface area (Å²) in [7, 11) is 2.14. The highest BCUT2D eigenvalue weighted by Crippen LogP contribution is 2.35. The van der Waals surface area contributed by atoms with Crippen LogP contribution in [0.3, 0.4) is 0 Å². The second kappa shape index (κ2) is 8.47. The molecule has 0 aromatic heterocycles. The number of nitrogens with zero attached hydrogens (tertiary/aromatic N) is 2. The molecule has 1 aromatic rings. The van der Waals surface area contributed by atoms with Crippen molar-refractivity contribution in [3.8, 4) is 0 Å². The maximum atomic E-state index is 13.0. The smallest absolute Gasteiger partial charge is 0.253 e. The molecule has 0 saturated carbocycles. The van der Waals surface area contributed by atoms with Gasteiger partial charge in [0.25, 0.3) is 5.91 Å². The average molecular weight is 420 g/mol. The summed E-state index contributed by atoms with van der Waals surface area (Å²) in [5.41, 5.74) is 3.41. The first-order chi connectivity index (χ1) is 13.5. The minimum atomic E-state index is -0.139. The number of carbonyl (C=O) groups is 2. The third-order valence-corrected chi connectivity index (χ3v) is 7.34. The standard InChI is InChI=1S/C21H26ClN3O2S/c1-24-9-6-14-2-3-16(12-15(14)7-10-24)21(27)25-11-8-17(13-25)23-20(26)18-4-5-19(22)28-18/h2-3,5,12,17-18H,4,6-11,13H2,1H3,(H,23,26). The van der Waals surface area contributed by atoms with Crippen LogP contribution in [0.1, 0.15) is 34.3 Å². The number of carbonyl (C=O) groups excluding carboxylic acids is 2. The Kier molecular flexibility index (Phi) is 5.99. The van der Waals surface area contributed by atoms with E-state index in [-0.39, 0.29) is 23.1 Å². The average Bonchev–Trinajstić information content (AvgIpc) is 3.29. The molecular weight excluding hydrogens is 394 g/mol. The highest BCUT2D eigenvalue weighted by molar-refractivity contribution is 8.06. The second-order valence-corrected chi connectivity index (χ2v) is 9.76. The highest BCUT2D eigenvalue weighted by atomic mass is 35.5. The van der Waals surface area contributed by atoms with E-state index in [1.807, 2.05) is 17.0 Å². The van der Waals surface area contributed by atoms with Gasteiger partial charge in [-0.3, -0.25) is 9.59 Å². The molecule has 1 N–H and O–H groups in total. The monoisotopic (exact) mass is 419 g/mol. The van der Waals surface area contributed by atoms with Gasteiger partial charge in [-0.05, 0) is 56.0 Å². The number of halogens is 1. The zero-order valence-corrected chi connectivity index (χ0v) is 17.7. The molecular formula is C21H26ClN3O2S. The van der Waals surface area contributed by atoms with Crippen LogP contribution >= 0.6 is 23.4 Å². The van der Waals surface area contributed by atoms with E-state index < -0.39 is 0 Å². The largest absolute Gasteiger partial charge is 0.351 e. The van der Waals surface area contributed by atoms with Crippen LogP contribution in [0.5, 0.6) is 0 Å². The number of likely N-dealkylation sites (N-methyl/N-ethyl adjacent to an activating group) is 1. The van der Waals surface area contributed by atoms with Crippen LogP contribution in [0.15, 0.2) is 28.6 Å². The molecule has 2 amide bonds. The van der Waals surface area contributed by atoms with Gasteiger partial charge in [0.1, 0.15) is 0 Å². The number of nitrogens with one attached hydrogen (secondary N) is 1. The van der Waals surface area contributed by atoms with Crippen LogP contribution in [0.4, 0.5) is 0 Å². The summed E-state index contributed by atoms with van der Waals surface area (Å²) in [5, 5.41) is 2.95. The number of hydrogen-bond acceptors (Lipinski definition) is 4. The minimum absolute atomic E-state index is 0.0188. The van der Waals surface area contributed by atoms with Crippen molar-refractivity contribution in [2.24, 2.45) is 0 Å². The Labute approximate surface area is 175 Å². The van der Waals surface area contributed by atoms with Gasteiger partial charge >= 0.3 is 0 Å². The first kappa shape index (κ1) is 19.8. The van der Waals surface area contributed by atoms with E-state index >= 15 is 0 Å². The molecule has 5 nitrogen and oxygen atoms in total. The molecule has 1 saturated heterocycles. The molecule has 0 bridgehead atoms. The number of hydrogen-bond donors (Lipinski definition) is 1. The van der Waals surface area contributed by atoms with Crippen molar-refractivity contribution in [3.05, 3.63) is 45.3 Å². The Balaban J connectivity index is 1.35. The molecule has 2 unspecified atom stereocenters. The molecule has 3 heterocycles. The van der Waals surface area contributed by atoms with E-state index in [1.165, 1.54) is 22.9 Å². The van der Waals surface area contributed by atoms with Gasteiger partial charge in [0, 0.05) is 37.8 Å². The summed E-state index contributed by atoms with van der Waals surface area (Å²) in [6, 6.07) is 6.17. The fraction of sp³-hybridized carbons (Fsp3) is 0.524. The van der Waals surface area contributed by atoms with Gasteiger partial charge in [0.15, 0.2) is 0 Å². The lowest BCUT2D eigenvalue weighted by atomic mass is 9.99. The van der Waals surface area contributed by atoms with Gasteiger partial charge in [0.05, 0.1) is 9.61 Å². The lowest BCUT2D eigenvalue weighted by Gasteiger charge is -2.19. The van der Waals surface area contributed by atoms with E-state index in [0.717, 1.165) is 37.9 Å². The number of benzene rings is 1. The van der Waals surface area contributed by atoms with E-state index in [2.05, 4.69) is 29.4 Å². The number of likely N-dealkylation sites (tertiary alicyclic amines) is 1. The SMILES string of the molecule is CN1CCc2ccc(C(=O)N3CCC(NC(=O)C4CC=C(Cl)S4)C3)cc2CC1. The minimum Gasteiger partial charge on any atom is -0.351 e. The molecule has 0 spiro atoms. The first-order valence-corrected chi connectivity index (χ1v) is 11.2. The molecule has 150 valence electrons.